The summed E-state index contributed by atoms with van der Waals surface area (Å²) in [5.74, 6) is 1.27. The fraction of sp³-hybridized carbons (Fsp3) is 0.647. The molecule has 2 heterocycles. The molecular weight excluding hydrogens is 292 g/mol. The number of nitrogens with one attached hydrogen (secondary N) is 2. The first-order chi connectivity index (χ1) is 11.0. The second-order valence-corrected chi connectivity index (χ2v) is 6.43. The topological polar surface area (TPSA) is 66.5 Å². The molecule has 2 N–H and O–H groups in total. The van der Waals surface area contributed by atoms with E-state index in [0.717, 1.165) is 25.6 Å². The normalized spacial score (nSPS) is 16.3. The number of amides is 2. The minimum Gasteiger partial charge on any atom is -0.473 e. The van der Waals surface area contributed by atoms with Crippen molar-refractivity contribution in [3.63, 3.8) is 0 Å². The largest absolute Gasteiger partial charge is 0.473 e. The Kier molecular flexibility index (Phi) is 6.65. The number of nitrogens with zero attached hydrogens (tertiary/aromatic N) is 2. The molecule has 0 aromatic carbocycles. The lowest BCUT2D eigenvalue weighted by Gasteiger charge is -2.30. The first-order valence-corrected chi connectivity index (χ1v) is 8.43. The molecule has 1 aliphatic heterocycles. The van der Waals surface area contributed by atoms with Crippen LogP contribution in [0.5, 0.6) is 5.88 Å². The van der Waals surface area contributed by atoms with Crippen LogP contribution < -0.4 is 15.4 Å². The lowest BCUT2D eigenvalue weighted by Crippen LogP contribution is -2.40. The van der Waals surface area contributed by atoms with Gasteiger partial charge in [0.05, 0.1) is 6.10 Å². The van der Waals surface area contributed by atoms with Gasteiger partial charge in [-0.25, -0.2) is 9.78 Å². The molecule has 6 nitrogen and oxygen atoms in total. The molecule has 0 radical (unpaired) electrons. The van der Waals surface area contributed by atoms with Gasteiger partial charge in [0.2, 0.25) is 5.88 Å². The minimum atomic E-state index is -0.225. The number of ether oxygens (including phenoxy) is 1. The number of rotatable bonds is 6. The van der Waals surface area contributed by atoms with Crippen LogP contribution in [-0.2, 0) is 0 Å². The number of aromatic nitrogens is 1. The molecule has 0 bridgehead atoms. The highest BCUT2D eigenvalue weighted by Gasteiger charge is 2.15. The van der Waals surface area contributed by atoms with Crippen LogP contribution in [0.15, 0.2) is 18.3 Å². The number of carbonyl (C=O) groups is 1. The quantitative estimate of drug-likeness (QED) is 0.846. The zero-order valence-corrected chi connectivity index (χ0v) is 14.3. The van der Waals surface area contributed by atoms with Crippen LogP contribution in [0.1, 0.15) is 33.6 Å². The van der Waals surface area contributed by atoms with Gasteiger partial charge in [-0.2, -0.15) is 0 Å². The predicted octanol–water partition coefficient (Wildman–Crippen LogP) is 2.72. The number of carbonyl (C=O) groups excluding carboxylic acids is 1. The maximum atomic E-state index is 12.0. The second-order valence-electron chi connectivity index (χ2n) is 6.43. The van der Waals surface area contributed by atoms with Crippen LogP contribution >= 0.6 is 0 Å². The van der Waals surface area contributed by atoms with Gasteiger partial charge in [-0.15, -0.1) is 0 Å². The van der Waals surface area contributed by atoms with Crippen molar-refractivity contribution in [1.29, 1.82) is 0 Å². The fourth-order valence-electron chi connectivity index (χ4n) is 2.58. The van der Waals surface area contributed by atoms with Crippen LogP contribution in [-0.4, -0.2) is 48.2 Å². The fourth-order valence-corrected chi connectivity index (χ4v) is 2.58. The molecule has 0 aliphatic carbocycles. The molecule has 23 heavy (non-hydrogen) atoms. The average molecular weight is 320 g/mol. The Balaban J connectivity index is 1.74. The summed E-state index contributed by atoms with van der Waals surface area (Å²) in [5, 5.41) is 5.70. The van der Waals surface area contributed by atoms with Gasteiger partial charge < -0.3 is 20.3 Å². The molecule has 1 aromatic rings. The van der Waals surface area contributed by atoms with E-state index in [1.165, 1.54) is 12.8 Å². The van der Waals surface area contributed by atoms with E-state index in [2.05, 4.69) is 27.4 Å². The summed E-state index contributed by atoms with van der Waals surface area (Å²) in [6, 6.07) is 3.34. The molecule has 1 aliphatic rings. The van der Waals surface area contributed by atoms with Crippen molar-refractivity contribution in [2.24, 2.45) is 5.92 Å². The van der Waals surface area contributed by atoms with Gasteiger partial charge in [0.25, 0.3) is 0 Å². The molecule has 0 saturated carbocycles. The van der Waals surface area contributed by atoms with Crippen molar-refractivity contribution < 1.29 is 9.53 Å². The van der Waals surface area contributed by atoms with E-state index < -0.39 is 0 Å². The highest BCUT2D eigenvalue weighted by atomic mass is 16.5. The first kappa shape index (κ1) is 17.5. The molecule has 0 unspecified atom stereocenters. The number of piperidine rings is 1. The molecule has 0 spiro atoms. The molecule has 1 fully saturated rings. The first-order valence-electron chi connectivity index (χ1n) is 8.43. The molecule has 2 rings (SSSR count). The lowest BCUT2D eigenvalue weighted by atomic mass is 9.99. The van der Waals surface area contributed by atoms with Crippen molar-refractivity contribution in [2.75, 3.05) is 31.5 Å². The summed E-state index contributed by atoms with van der Waals surface area (Å²) in [6.45, 7) is 9.94. The van der Waals surface area contributed by atoms with Crippen LogP contribution in [0.25, 0.3) is 0 Å². The minimum absolute atomic E-state index is 0.00926. The van der Waals surface area contributed by atoms with Gasteiger partial charge in [0.1, 0.15) is 5.69 Å². The number of pyridine rings is 1. The van der Waals surface area contributed by atoms with Crippen molar-refractivity contribution >= 4 is 11.7 Å². The smallest absolute Gasteiger partial charge is 0.319 e. The van der Waals surface area contributed by atoms with E-state index in [9.17, 15) is 4.79 Å². The Morgan fingerprint density at radius 2 is 2.17 bits per heavy atom. The highest BCUT2D eigenvalue weighted by Crippen LogP contribution is 2.21. The number of urea groups is 1. The number of hydrogen-bond acceptors (Lipinski definition) is 4. The lowest BCUT2D eigenvalue weighted by molar-refractivity contribution is 0.192. The third-order valence-electron chi connectivity index (χ3n) is 3.96. The SMILES string of the molecule is CC1CCN(CCNC(=O)Nc2cccnc2OC(C)C)CC1. The van der Waals surface area contributed by atoms with Gasteiger partial charge in [-0.1, -0.05) is 6.92 Å². The van der Waals surface area contributed by atoms with Crippen LogP contribution in [0.4, 0.5) is 10.5 Å². The van der Waals surface area contributed by atoms with E-state index >= 15 is 0 Å². The molecule has 128 valence electrons. The summed E-state index contributed by atoms with van der Waals surface area (Å²) in [7, 11) is 0. The average Bonchev–Trinajstić information content (AvgIpc) is 2.51. The summed E-state index contributed by atoms with van der Waals surface area (Å²) in [4.78, 5) is 18.6. The third-order valence-corrected chi connectivity index (χ3v) is 3.96. The molecule has 1 aromatic heterocycles. The van der Waals surface area contributed by atoms with Crippen LogP contribution in [0, 0.1) is 5.92 Å². The predicted molar refractivity (Wildman–Crippen MR) is 91.9 cm³/mol. The zero-order chi connectivity index (χ0) is 16.7. The Hall–Kier alpha value is -1.82. The van der Waals surface area contributed by atoms with Crippen molar-refractivity contribution in [3.8, 4) is 5.88 Å². The zero-order valence-electron chi connectivity index (χ0n) is 14.3. The Morgan fingerprint density at radius 1 is 1.43 bits per heavy atom. The maximum absolute atomic E-state index is 12.0. The van der Waals surface area contributed by atoms with E-state index in [4.69, 9.17) is 4.74 Å². The molecule has 0 atom stereocenters. The van der Waals surface area contributed by atoms with E-state index in [1.807, 2.05) is 13.8 Å². The van der Waals surface area contributed by atoms with Gasteiger partial charge in [-0.3, -0.25) is 0 Å². The highest BCUT2D eigenvalue weighted by molar-refractivity contribution is 5.90. The van der Waals surface area contributed by atoms with Crippen molar-refractivity contribution in [2.45, 2.75) is 39.7 Å². The maximum Gasteiger partial charge on any atom is 0.319 e. The van der Waals surface area contributed by atoms with Crippen molar-refractivity contribution in [1.82, 2.24) is 15.2 Å². The van der Waals surface area contributed by atoms with Gasteiger partial charge in [-0.05, 0) is 57.8 Å². The molecule has 1 saturated heterocycles. The number of anilines is 1. The van der Waals surface area contributed by atoms with Gasteiger partial charge in [0.15, 0.2) is 0 Å². The standard InChI is InChI=1S/C17H28N4O2/c1-13(2)23-16-15(5-4-8-18-16)20-17(22)19-9-12-21-10-6-14(3)7-11-21/h4-5,8,13-14H,6-7,9-12H2,1-3H3,(H2,19,20,22). The molecule has 6 heteroatoms. The Labute approximate surface area is 138 Å². The van der Waals surface area contributed by atoms with E-state index in [1.54, 1.807) is 18.3 Å². The van der Waals surface area contributed by atoms with Crippen LogP contribution in [0.3, 0.4) is 0 Å². The van der Waals surface area contributed by atoms with E-state index in [-0.39, 0.29) is 12.1 Å². The van der Waals surface area contributed by atoms with Crippen LogP contribution in [0.2, 0.25) is 0 Å². The summed E-state index contributed by atoms with van der Waals surface area (Å²) in [5.41, 5.74) is 0.588. The summed E-state index contributed by atoms with van der Waals surface area (Å²) < 4.78 is 5.59. The second kappa shape index (κ2) is 8.72. The van der Waals surface area contributed by atoms with Crippen molar-refractivity contribution in [3.05, 3.63) is 18.3 Å². The molecular formula is C17H28N4O2. The Bertz CT molecular complexity index is 499. The monoisotopic (exact) mass is 320 g/mol. The Morgan fingerprint density at radius 3 is 2.87 bits per heavy atom. The number of likely N-dealkylation sites (tertiary alicyclic amines) is 1. The summed E-state index contributed by atoms with van der Waals surface area (Å²) >= 11 is 0. The third kappa shape index (κ3) is 6.06. The van der Waals surface area contributed by atoms with Gasteiger partial charge in [0, 0.05) is 19.3 Å². The summed E-state index contributed by atoms with van der Waals surface area (Å²) in [6.07, 6.45) is 4.16. The number of hydrogen-bond donors (Lipinski definition) is 2. The molecule has 2 amide bonds. The van der Waals surface area contributed by atoms with E-state index in [0.29, 0.717) is 18.1 Å². The van der Waals surface area contributed by atoms with Gasteiger partial charge >= 0.3 is 6.03 Å².